The topological polar surface area (TPSA) is 30.5 Å². The third-order valence-corrected chi connectivity index (χ3v) is 2.01. The summed E-state index contributed by atoms with van der Waals surface area (Å²) in [5.41, 5.74) is 0.204. The molecule has 0 aliphatic carbocycles. The molecule has 1 saturated heterocycles. The van der Waals surface area contributed by atoms with Gasteiger partial charge in [0.15, 0.2) is 0 Å². The van der Waals surface area contributed by atoms with Gasteiger partial charge < -0.3 is 14.8 Å². The van der Waals surface area contributed by atoms with Crippen molar-refractivity contribution >= 4 is 0 Å². The maximum absolute atomic E-state index is 5.53. The minimum absolute atomic E-state index is 0.204. The molecule has 0 unspecified atom stereocenters. The summed E-state index contributed by atoms with van der Waals surface area (Å²) in [5, 5.41) is 3.43. The Kier molecular flexibility index (Phi) is 4.16. The predicted molar refractivity (Wildman–Crippen MR) is 52.9 cm³/mol. The predicted octanol–water partition coefficient (Wildman–Crippen LogP) is 1.18. The Bertz CT molecular complexity index is 136. The summed E-state index contributed by atoms with van der Waals surface area (Å²) in [6, 6.07) is 0. The Morgan fingerprint density at radius 2 is 2.08 bits per heavy atom. The summed E-state index contributed by atoms with van der Waals surface area (Å²) in [6.45, 7) is 9.77. The highest BCUT2D eigenvalue weighted by Gasteiger charge is 2.15. The first-order valence-corrected chi connectivity index (χ1v) is 5.02. The second kappa shape index (κ2) is 4.94. The highest BCUT2D eigenvalue weighted by atomic mass is 16.6. The smallest absolute Gasteiger partial charge is 0.0821 e. The molecule has 1 rings (SSSR count). The van der Waals surface area contributed by atoms with Crippen LogP contribution in [0.15, 0.2) is 0 Å². The van der Waals surface area contributed by atoms with Crippen LogP contribution in [-0.2, 0) is 9.47 Å². The van der Waals surface area contributed by atoms with Crippen LogP contribution in [0, 0.1) is 0 Å². The SMILES string of the molecule is CC(C)(C)NCC[C@@H]1COCCO1. The number of hydrogen-bond acceptors (Lipinski definition) is 3. The average molecular weight is 187 g/mol. The molecule has 1 aliphatic rings. The van der Waals surface area contributed by atoms with Gasteiger partial charge in [-0.1, -0.05) is 0 Å². The van der Waals surface area contributed by atoms with Crippen LogP contribution in [0.2, 0.25) is 0 Å². The molecule has 3 heteroatoms. The van der Waals surface area contributed by atoms with Crippen LogP contribution in [0.5, 0.6) is 0 Å². The Morgan fingerprint density at radius 1 is 1.31 bits per heavy atom. The van der Waals surface area contributed by atoms with Crippen molar-refractivity contribution in [3.8, 4) is 0 Å². The van der Waals surface area contributed by atoms with Gasteiger partial charge >= 0.3 is 0 Å². The zero-order valence-electron chi connectivity index (χ0n) is 8.93. The summed E-state index contributed by atoms with van der Waals surface area (Å²) in [5.74, 6) is 0. The summed E-state index contributed by atoms with van der Waals surface area (Å²) in [4.78, 5) is 0. The lowest BCUT2D eigenvalue weighted by atomic mass is 10.1. The Labute approximate surface area is 80.8 Å². The Hall–Kier alpha value is -0.120. The van der Waals surface area contributed by atoms with Crippen LogP contribution in [0.4, 0.5) is 0 Å². The molecular formula is C10H21NO2. The van der Waals surface area contributed by atoms with E-state index in [-0.39, 0.29) is 5.54 Å². The summed E-state index contributed by atoms with van der Waals surface area (Å²) < 4.78 is 10.8. The van der Waals surface area contributed by atoms with Gasteiger partial charge in [0.05, 0.1) is 25.9 Å². The molecule has 0 aromatic rings. The molecule has 0 bridgehead atoms. The van der Waals surface area contributed by atoms with E-state index in [1.807, 2.05) is 0 Å². The molecule has 0 aromatic carbocycles. The third kappa shape index (κ3) is 5.24. The van der Waals surface area contributed by atoms with E-state index in [9.17, 15) is 0 Å². The minimum atomic E-state index is 0.204. The first kappa shape index (κ1) is 11.0. The van der Waals surface area contributed by atoms with E-state index in [0.29, 0.717) is 6.10 Å². The van der Waals surface area contributed by atoms with Gasteiger partial charge in [-0.25, -0.2) is 0 Å². The molecule has 1 heterocycles. The standard InChI is InChI=1S/C10H21NO2/c1-10(2,3)11-5-4-9-8-12-6-7-13-9/h9,11H,4-8H2,1-3H3/t9-/m1/s1. The molecule has 13 heavy (non-hydrogen) atoms. The first-order valence-electron chi connectivity index (χ1n) is 5.02. The monoisotopic (exact) mass is 187 g/mol. The zero-order chi connectivity index (χ0) is 9.73. The highest BCUT2D eigenvalue weighted by Crippen LogP contribution is 2.05. The van der Waals surface area contributed by atoms with Crippen molar-refractivity contribution in [2.45, 2.75) is 38.8 Å². The highest BCUT2D eigenvalue weighted by molar-refractivity contribution is 4.72. The maximum Gasteiger partial charge on any atom is 0.0821 e. The van der Waals surface area contributed by atoms with Gasteiger partial charge in [0.25, 0.3) is 0 Å². The van der Waals surface area contributed by atoms with Gasteiger partial charge in [0.1, 0.15) is 0 Å². The fourth-order valence-corrected chi connectivity index (χ4v) is 1.31. The molecule has 78 valence electrons. The van der Waals surface area contributed by atoms with Crippen molar-refractivity contribution in [3.63, 3.8) is 0 Å². The number of hydrogen-bond donors (Lipinski definition) is 1. The van der Waals surface area contributed by atoms with Crippen molar-refractivity contribution < 1.29 is 9.47 Å². The molecule has 1 aliphatic heterocycles. The second-order valence-corrected chi connectivity index (χ2v) is 4.53. The van der Waals surface area contributed by atoms with Crippen molar-refractivity contribution in [1.82, 2.24) is 5.32 Å². The molecule has 0 saturated carbocycles. The van der Waals surface area contributed by atoms with Gasteiger partial charge in [-0.15, -0.1) is 0 Å². The summed E-state index contributed by atoms with van der Waals surface area (Å²) in [7, 11) is 0. The number of rotatable bonds is 3. The normalized spacial score (nSPS) is 24.7. The van der Waals surface area contributed by atoms with E-state index in [1.165, 1.54) is 0 Å². The van der Waals surface area contributed by atoms with Crippen molar-refractivity contribution in [1.29, 1.82) is 0 Å². The van der Waals surface area contributed by atoms with E-state index >= 15 is 0 Å². The molecule has 0 aromatic heterocycles. The van der Waals surface area contributed by atoms with Gasteiger partial charge in [-0.3, -0.25) is 0 Å². The van der Waals surface area contributed by atoms with E-state index in [4.69, 9.17) is 9.47 Å². The molecule has 0 radical (unpaired) electrons. The number of nitrogens with one attached hydrogen (secondary N) is 1. The van der Waals surface area contributed by atoms with Gasteiger partial charge in [-0.2, -0.15) is 0 Å². The molecular weight excluding hydrogens is 166 g/mol. The zero-order valence-corrected chi connectivity index (χ0v) is 8.93. The fraction of sp³-hybridized carbons (Fsp3) is 1.00. The van der Waals surface area contributed by atoms with E-state index < -0.39 is 0 Å². The van der Waals surface area contributed by atoms with Gasteiger partial charge in [0, 0.05) is 5.54 Å². The molecule has 1 atom stereocenters. The Balaban J connectivity index is 2.04. The second-order valence-electron chi connectivity index (χ2n) is 4.53. The minimum Gasteiger partial charge on any atom is -0.376 e. The molecule has 0 spiro atoms. The largest absolute Gasteiger partial charge is 0.376 e. The van der Waals surface area contributed by atoms with E-state index in [1.54, 1.807) is 0 Å². The lowest BCUT2D eigenvalue weighted by molar-refractivity contribution is -0.0904. The van der Waals surface area contributed by atoms with Crippen LogP contribution in [0.3, 0.4) is 0 Å². The molecule has 0 amide bonds. The molecule has 1 N–H and O–H groups in total. The van der Waals surface area contributed by atoms with Crippen LogP contribution < -0.4 is 5.32 Å². The summed E-state index contributed by atoms with van der Waals surface area (Å²) in [6.07, 6.45) is 1.33. The Morgan fingerprint density at radius 3 is 2.62 bits per heavy atom. The fourth-order valence-electron chi connectivity index (χ4n) is 1.31. The third-order valence-electron chi connectivity index (χ3n) is 2.01. The molecule has 1 fully saturated rings. The molecule has 3 nitrogen and oxygen atoms in total. The lowest BCUT2D eigenvalue weighted by Crippen LogP contribution is -2.39. The lowest BCUT2D eigenvalue weighted by Gasteiger charge is -2.25. The van der Waals surface area contributed by atoms with Crippen LogP contribution in [0.1, 0.15) is 27.2 Å². The van der Waals surface area contributed by atoms with Crippen molar-refractivity contribution in [2.75, 3.05) is 26.4 Å². The van der Waals surface area contributed by atoms with E-state index in [2.05, 4.69) is 26.1 Å². The van der Waals surface area contributed by atoms with Gasteiger partial charge in [-0.05, 0) is 33.7 Å². The maximum atomic E-state index is 5.53. The van der Waals surface area contributed by atoms with Crippen molar-refractivity contribution in [2.24, 2.45) is 0 Å². The average Bonchev–Trinajstić information content (AvgIpc) is 2.04. The number of ether oxygens (including phenoxy) is 2. The van der Waals surface area contributed by atoms with Crippen LogP contribution >= 0.6 is 0 Å². The van der Waals surface area contributed by atoms with Crippen molar-refractivity contribution in [3.05, 3.63) is 0 Å². The van der Waals surface area contributed by atoms with Crippen LogP contribution in [0.25, 0.3) is 0 Å². The quantitative estimate of drug-likeness (QED) is 0.719. The van der Waals surface area contributed by atoms with Crippen LogP contribution in [-0.4, -0.2) is 38.0 Å². The van der Waals surface area contributed by atoms with Gasteiger partial charge in [0.2, 0.25) is 0 Å². The first-order chi connectivity index (χ1) is 6.08. The summed E-state index contributed by atoms with van der Waals surface area (Å²) >= 11 is 0. The van der Waals surface area contributed by atoms with E-state index in [0.717, 1.165) is 32.8 Å².